The smallest absolute Gasteiger partial charge is 0.248 e. The number of rotatable bonds is 9. The van der Waals surface area contributed by atoms with E-state index < -0.39 is 0 Å². The number of hydrogen-bond donors (Lipinski definition) is 2. The van der Waals surface area contributed by atoms with Crippen LogP contribution in [0.5, 0.6) is 0 Å². The van der Waals surface area contributed by atoms with Crippen molar-refractivity contribution >= 4 is 5.91 Å². The first kappa shape index (κ1) is 16.4. The molecule has 0 aliphatic heterocycles. The highest BCUT2D eigenvalue weighted by atomic mass is 16.5. The van der Waals surface area contributed by atoms with Crippen LogP contribution in [0.1, 0.15) is 41.0 Å². The van der Waals surface area contributed by atoms with Gasteiger partial charge in [-0.2, -0.15) is 0 Å². The highest BCUT2D eigenvalue weighted by molar-refractivity contribution is 5.80. The lowest BCUT2D eigenvalue weighted by atomic mass is 10.1. The third-order valence-electron chi connectivity index (χ3n) is 2.57. The van der Waals surface area contributed by atoms with Gasteiger partial charge >= 0.3 is 0 Å². The van der Waals surface area contributed by atoms with Gasteiger partial charge in [0.1, 0.15) is 6.10 Å². The van der Waals surface area contributed by atoms with E-state index in [2.05, 4.69) is 31.4 Å². The largest absolute Gasteiger partial charge is 0.369 e. The Labute approximate surface area is 105 Å². The van der Waals surface area contributed by atoms with Crippen molar-refractivity contribution in [2.75, 3.05) is 19.7 Å². The van der Waals surface area contributed by atoms with Crippen molar-refractivity contribution in [3.05, 3.63) is 0 Å². The Hall–Kier alpha value is -0.610. The molecule has 0 bridgehead atoms. The van der Waals surface area contributed by atoms with Crippen LogP contribution in [0.3, 0.4) is 0 Å². The predicted octanol–water partition coefficient (Wildman–Crippen LogP) is 1.55. The number of hydrogen-bond acceptors (Lipinski definition) is 3. The van der Waals surface area contributed by atoms with Crippen LogP contribution in [-0.4, -0.2) is 37.7 Å². The summed E-state index contributed by atoms with van der Waals surface area (Å²) in [6.45, 7) is 12.4. The maximum absolute atomic E-state index is 11.7. The van der Waals surface area contributed by atoms with Gasteiger partial charge in [0, 0.05) is 19.2 Å². The monoisotopic (exact) mass is 244 g/mol. The Morgan fingerprint density at radius 2 is 1.88 bits per heavy atom. The second-order valence-corrected chi connectivity index (χ2v) is 4.90. The van der Waals surface area contributed by atoms with Crippen LogP contribution in [-0.2, 0) is 9.53 Å². The number of ether oxygens (including phenoxy) is 1. The van der Waals surface area contributed by atoms with Crippen molar-refractivity contribution in [1.29, 1.82) is 0 Å². The van der Waals surface area contributed by atoms with E-state index in [9.17, 15) is 4.79 Å². The van der Waals surface area contributed by atoms with Gasteiger partial charge in [0.2, 0.25) is 5.91 Å². The van der Waals surface area contributed by atoms with Crippen molar-refractivity contribution in [3.63, 3.8) is 0 Å². The molecule has 4 heteroatoms. The van der Waals surface area contributed by atoms with Crippen molar-refractivity contribution in [2.45, 2.75) is 53.2 Å². The Bertz CT molecular complexity index is 208. The number of amides is 1. The number of likely N-dealkylation sites (N-methyl/N-ethyl adjacent to an activating group) is 1. The Morgan fingerprint density at radius 1 is 1.24 bits per heavy atom. The van der Waals surface area contributed by atoms with Gasteiger partial charge in [-0.3, -0.25) is 4.79 Å². The maximum Gasteiger partial charge on any atom is 0.248 e. The fraction of sp³-hybridized carbons (Fsp3) is 0.923. The van der Waals surface area contributed by atoms with E-state index in [0.29, 0.717) is 25.1 Å². The molecule has 0 saturated heterocycles. The van der Waals surface area contributed by atoms with Crippen LogP contribution in [0.15, 0.2) is 0 Å². The fourth-order valence-electron chi connectivity index (χ4n) is 1.37. The summed E-state index contributed by atoms with van der Waals surface area (Å²) in [4.78, 5) is 11.7. The van der Waals surface area contributed by atoms with Crippen LogP contribution in [0.2, 0.25) is 0 Å². The molecule has 0 radical (unpaired) electrons. The summed E-state index contributed by atoms with van der Waals surface area (Å²) in [6, 6.07) is 0.298. The zero-order valence-electron chi connectivity index (χ0n) is 11.9. The molecule has 4 nitrogen and oxygen atoms in total. The van der Waals surface area contributed by atoms with E-state index in [-0.39, 0.29) is 12.0 Å². The summed E-state index contributed by atoms with van der Waals surface area (Å²) in [7, 11) is 0. The summed E-state index contributed by atoms with van der Waals surface area (Å²) in [6.07, 6.45) is 0.633. The van der Waals surface area contributed by atoms with Gasteiger partial charge in [0.15, 0.2) is 0 Å². The lowest BCUT2D eigenvalue weighted by Crippen LogP contribution is -2.42. The molecule has 0 aliphatic carbocycles. The highest BCUT2D eigenvalue weighted by Gasteiger charge is 2.13. The zero-order chi connectivity index (χ0) is 13.3. The average molecular weight is 244 g/mol. The minimum absolute atomic E-state index is 0.0292. The van der Waals surface area contributed by atoms with Gasteiger partial charge < -0.3 is 15.4 Å². The number of nitrogens with one attached hydrogen (secondary N) is 2. The molecule has 2 atom stereocenters. The lowest BCUT2D eigenvalue weighted by Gasteiger charge is -2.17. The first-order valence-electron chi connectivity index (χ1n) is 6.60. The quantitative estimate of drug-likeness (QED) is 0.647. The van der Waals surface area contributed by atoms with Crippen molar-refractivity contribution in [3.8, 4) is 0 Å². The molecule has 0 spiro atoms. The molecule has 0 heterocycles. The van der Waals surface area contributed by atoms with Gasteiger partial charge in [-0.25, -0.2) is 0 Å². The molecular formula is C13H28N2O2. The van der Waals surface area contributed by atoms with Gasteiger partial charge in [-0.05, 0) is 32.7 Å². The van der Waals surface area contributed by atoms with E-state index in [0.717, 1.165) is 13.0 Å². The molecule has 0 aromatic heterocycles. The SMILES string of the molecule is CCN[C@H](C)CNC(=O)C(C)OCCC(C)C. The van der Waals surface area contributed by atoms with Gasteiger partial charge in [-0.15, -0.1) is 0 Å². The van der Waals surface area contributed by atoms with Crippen molar-refractivity contribution < 1.29 is 9.53 Å². The highest BCUT2D eigenvalue weighted by Crippen LogP contribution is 2.01. The number of carbonyl (C=O) groups excluding carboxylic acids is 1. The first-order valence-corrected chi connectivity index (χ1v) is 6.60. The third-order valence-corrected chi connectivity index (χ3v) is 2.57. The van der Waals surface area contributed by atoms with Crippen LogP contribution in [0.4, 0.5) is 0 Å². The predicted molar refractivity (Wildman–Crippen MR) is 71.0 cm³/mol. The zero-order valence-corrected chi connectivity index (χ0v) is 11.9. The minimum Gasteiger partial charge on any atom is -0.369 e. The van der Waals surface area contributed by atoms with Gasteiger partial charge in [0.05, 0.1) is 0 Å². The standard InChI is InChI=1S/C13H28N2O2/c1-6-14-11(4)9-15-13(16)12(5)17-8-7-10(2)3/h10-12,14H,6-9H2,1-5H3,(H,15,16)/t11-,12?/m1/s1. The average Bonchev–Trinajstić information content (AvgIpc) is 2.25. The fourth-order valence-corrected chi connectivity index (χ4v) is 1.37. The Morgan fingerprint density at radius 3 is 2.41 bits per heavy atom. The first-order chi connectivity index (χ1) is 7.97. The van der Waals surface area contributed by atoms with E-state index in [1.54, 1.807) is 6.92 Å². The molecule has 0 aromatic carbocycles. The minimum atomic E-state index is -0.359. The topological polar surface area (TPSA) is 50.4 Å². The van der Waals surface area contributed by atoms with E-state index >= 15 is 0 Å². The van der Waals surface area contributed by atoms with Gasteiger partial charge in [0.25, 0.3) is 0 Å². The third kappa shape index (κ3) is 9.12. The second kappa shape index (κ2) is 9.42. The molecule has 0 rings (SSSR count). The molecule has 0 fully saturated rings. The molecule has 1 amide bonds. The molecule has 0 saturated carbocycles. The summed E-state index contributed by atoms with van der Waals surface area (Å²) >= 11 is 0. The molecule has 2 N–H and O–H groups in total. The van der Waals surface area contributed by atoms with Crippen LogP contribution in [0, 0.1) is 5.92 Å². The van der Waals surface area contributed by atoms with Crippen LogP contribution in [0.25, 0.3) is 0 Å². The van der Waals surface area contributed by atoms with Gasteiger partial charge in [-0.1, -0.05) is 20.8 Å². The van der Waals surface area contributed by atoms with E-state index in [1.807, 2.05) is 6.92 Å². The molecule has 0 aromatic rings. The summed E-state index contributed by atoms with van der Waals surface area (Å²) in [5.74, 6) is 0.581. The van der Waals surface area contributed by atoms with Crippen molar-refractivity contribution in [2.24, 2.45) is 5.92 Å². The molecule has 1 unspecified atom stereocenters. The summed E-state index contributed by atoms with van der Waals surface area (Å²) in [5, 5.41) is 6.12. The summed E-state index contributed by atoms with van der Waals surface area (Å²) < 4.78 is 5.47. The molecule has 102 valence electrons. The molecular weight excluding hydrogens is 216 g/mol. The summed E-state index contributed by atoms with van der Waals surface area (Å²) in [5.41, 5.74) is 0. The Kier molecular flexibility index (Phi) is 9.09. The lowest BCUT2D eigenvalue weighted by molar-refractivity contribution is -0.132. The van der Waals surface area contributed by atoms with Crippen molar-refractivity contribution in [1.82, 2.24) is 10.6 Å². The van der Waals surface area contributed by atoms with E-state index in [4.69, 9.17) is 4.74 Å². The maximum atomic E-state index is 11.7. The van der Waals surface area contributed by atoms with Crippen LogP contribution < -0.4 is 10.6 Å². The van der Waals surface area contributed by atoms with E-state index in [1.165, 1.54) is 0 Å². The second-order valence-electron chi connectivity index (χ2n) is 4.90. The number of carbonyl (C=O) groups is 1. The molecule has 17 heavy (non-hydrogen) atoms. The van der Waals surface area contributed by atoms with Crippen LogP contribution >= 0.6 is 0 Å². The molecule has 0 aliphatic rings. The normalized spacial score (nSPS) is 14.7. The Balaban J connectivity index is 3.67.